The molecule has 0 bridgehead atoms. The van der Waals surface area contributed by atoms with E-state index in [0.29, 0.717) is 17.4 Å². The number of methoxy groups -OCH3 is 1. The molecule has 0 aliphatic heterocycles. The predicted molar refractivity (Wildman–Crippen MR) is 112 cm³/mol. The van der Waals surface area contributed by atoms with Crippen LogP contribution < -0.4 is 19.7 Å². The molecule has 2 aromatic carbocycles. The van der Waals surface area contributed by atoms with Gasteiger partial charge in [-0.2, -0.15) is 0 Å². The molecule has 7 nitrogen and oxygen atoms in total. The normalized spacial score (nSPS) is 12.5. The Morgan fingerprint density at radius 2 is 1.69 bits per heavy atom. The molecule has 0 heterocycles. The fourth-order valence-electron chi connectivity index (χ4n) is 2.62. The fraction of sp³-hybridized carbons (Fsp3) is 0.381. The molecule has 2 N–H and O–H groups in total. The van der Waals surface area contributed by atoms with Gasteiger partial charge in [-0.1, -0.05) is 26.0 Å². The highest BCUT2D eigenvalue weighted by atomic mass is 32.2. The fourth-order valence-corrected chi connectivity index (χ4v) is 3.46. The van der Waals surface area contributed by atoms with Crippen LogP contribution in [0, 0.1) is 0 Å². The van der Waals surface area contributed by atoms with E-state index >= 15 is 0 Å². The quantitative estimate of drug-likeness (QED) is 0.605. The number of ether oxygens (including phenoxy) is 2. The van der Waals surface area contributed by atoms with Crippen molar-refractivity contribution in [1.29, 1.82) is 0 Å². The largest absolute Gasteiger partial charge is 0.493 e. The van der Waals surface area contributed by atoms with Crippen LogP contribution in [-0.4, -0.2) is 27.5 Å². The van der Waals surface area contributed by atoms with Crippen molar-refractivity contribution in [3.63, 3.8) is 0 Å². The van der Waals surface area contributed by atoms with Crippen molar-refractivity contribution < 1.29 is 22.7 Å². The molecule has 1 atom stereocenters. The maximum absolute atomic E-state index is 12.4. The van der Waals surface area contributed by atoms with Gasteiger partial charge in [0, 0.05) is 5.56 Å². The summed E-state index contributed by atoms with van der Waals surface area (Å²) >= 11 is 0. The zero-order valence-corrected chi connectivity index (χ0v) is 18.2. The van der Waals surface area contributed by atoms with Gasteiger partial charge in [-0.25, -0.2) is 8.42 Å². The molecule has 0 saturated carbocycles. The number of hydrogen-bond acceptors (Lipinski definition) is 5. The van der Waals surface area contributed by atoms with Gasteiger partial charge in [-0.3, -0.25) is 10.2 Å². The van der Waals surface area contributed by atoms with E-state index < -0.39 is 15.9 Å². The average Bonchev–Trinajstić information content (AvgIpc) is 2.71. The molecule has 0 fully saturated rings. The van der Waals surface area contributed by atoms with E-state index in [1.54, 1.807) is 18.2 Å². The number of hydrogen-bond donors (Lipinski definition) is 2. The first kappa shape index (κ1) is 22.7. The topological polar surface area (TPSA) is 93.7 Å². The van der Waals surface area contributed by atoms with Gasteiger partial charge in [0.05, 0.1) is 18.1 Å². The van der Waals surface area contributed by atoms with Gasteiger partial charge in [0.2, 0.25) is 0 Å². The summed E-state index contributed by atoms with van der Waals surface area (Å²) in [5.41, 5.74) is 3.52. The summed E-state index contributed by atoms with van der Waals surface area (Å²) in [7, 11) is -2.42. The minimum Gasteiger partial charge on any atom is -0.493 e. The summed E-state index contributed by atoms with van der Waals surface area (Å²) in [4.78, 5) is 14.6. The highest BCUT2D eigenvalue weighted by Gasteiger charge is 2.17. The van der Waals surface area contributed by atoms with E-state index in [1.807, 2.05) is 13.8 Å². The third-order valence-electron chi connectivity index (χ3n) is 4.46. The highest BCUT2D eigenvalue weighted by molar-refractivity contribution is 7.89. The van der Waals surface area contributed by atoms with Gasteiger partial charge in [0.15, 0.2) is 11.5 Å². The lowest BCUT2D eigenvalue weighted by Crippen LogP contribution is -2.41. The molecule has 2 aromatic rings. The molecular formula is C21H28N2O5S. The van der Waals surface area contributed by atoms with Crippen molar-refractivity contribution in [3.05, 3.63) is 53.6 Å². The van der Waals surface area contributed by atoms with Crippen molar-refractivity contribution in [2.45, 2.75) is 51.0 Å². The average molecular weight is 421 g/mol. The van der Waals surface area contributed by atoms with Crippen LogP contribution in [-0.2, 0) is 10.0 Å². The van der Waals surface area contributed by atoms with E-state index in [1.165, 1.54) is 31.4 Å². The Hall–Kier alpha value is -2.58. The Bertz CT molecular complexity index is 940. The van der Waals surface area contributed by atoms with Crippen molar-refractivity contribution >= 4 is 15.9 Å². The van der Waals surface area contributed by atoms with Crippen molar-refractivity contribution in [2.75, 3.05) is 7.11 Å². The highest BCUT2D eigenvalue weighted by Crippen LogP contribution is 2.29. The smallest absolute Gasteiger partial charge is 0.266 e. The molecule has 158 valence electrons. The van der Waals surface area contributed by atoms with Crippen LogP contribution in [0.25, 0.3) is 0 Å². The van der Waals surface area contributed by atoms with Crippen LogP contribution in [0.15, 0.2) is 47.4 Å². The second-order valence-electron chi connectivity index (χ2n) is 6.97. The molecule has 29 heavy (non-hydrogen) atoms. The van der Waals surface area contributed by atoms with Gasteiger partial charge in [-0.15, -0.1) is 4.83 Å². The molecule has 0 aliphatic rings. The molecular weight excluding hydrogens is 392 g/mol. The lowest BCUT2D eigenvalue weighted by atomic mass is 9.99. The molecule has 1 unspecified atom stereocenters. The Kier molecular flexibility index (Phi) is 7.64. The van der Waals surface area contributed by atoms with Gasteiger partial charge < -0.3 is 9.47 Å². The number of benzene rings is 2. The Morgan fingerprint density at radius 3 is 2.24 bits per heavy atom. The number of carbonyl (C=O) groups excluding carboxylic acids is 1. The zero-order valence-electron chi connectivity index (χ0n) is 17.4. The second-order valence-corrected chi connectivity index (χ2v) is 8.65. The van der Waals surface area contributed by atoms with E-state index in [4.69, 9.17) is 9.47 Å². The third kappa shape index (κ3) is 5.95. The van der Waals surface area contributed by atoms with E-state index in [0.717, 1.165) is 12.0 Å². The minimum absolute atomic E-state index is 0.0536. The molecule has 0 radical (unpaired) electrons. The first-order valence-corrected chi connectivity index (χ1v) is 10.9. The summed E-state index contributed by atoms with van der Waals surface area (Å²) in [6, 6.07) is 11.2. The van der Waals surface area contributed by atoms with Crippen LogP contribution in [0.1, 0.15) is 56.0 Å². The summed E-state index contributed by atoms with van der Waals surface area (Å²) < 4.78 is 35.8. The van der Waals surface area contributed by atoms with E-state index in [-0.39, 0.29) is 16.6 Å². The zero-order chi connectivity index (χ0) is 21.6. The molecule has 0 aliphatic carbocycles. The van der Waals surface area contributed by atoms with Gasteiger partial charge in [0.25, 0.3) is 15.9 Å². The second kappa shape index (κ2) is 9.76. The van der Waals surface area contributed by atoms with E-state index in [9.17, 15) is 13.2 Å². The lowest BCUT2D eigenvalue weighted by molar-refractivity contribution is 0.0944. The minimum atomic E-state index is -3.89. The molecule has 8 heteroatoms. The number of nitrogens with one attached hydrogen (secondary N) is 2. The number of sulfonamides is 1. The number of amides is 1. The van der Waals surface area contributed by atoms with Crippen LogP contribution in [0.4, 0.5) is 0 Å². The first-order chi connectivity index (χ1) is 13.7. The van der Waals surface area contributed by atoms with Gasteiger partial charge in [0.1, 0.15) is 0 Å². The SMILES string of the molecule is CCC(C)c1ccc(S(=O)(=O)NNC(=O)c2ccc(OC(C)C)c(OC)c2)cc1. The molecule has 0 spiro atoms. The lowest BCUT2D eigenvalue weighted by Gasteiger charge is -2.15. The van der Waals surface area contributed by atoms with Crippen LogP contribution in [0.5, 0.6) is 11.5 Å². The van der Waals surface area contributed by atoms with Gasteiger partial charge in [-0.05, 0) is 62.1 Å². The summed E-state index contributed by atoms with van der Waals surface area (Å²) in [6.45, 7) is 7.91. The van der Waals surface area contributed by atoms with Crippen molar-refractivity contribution in [2.24, 2.45) is 0 Å². The number of carbonyl (C=O) groups is 1. The molecule has 1 amide bonds. The Labute approximate surface area is 172 Å². The van der Waals surface area contributed by atoms with E-state index in [2.05, 4.69) is 24.1 Å². The number of rotatable bonds is 9. The monoisotopic (exact) mass is 420 g/mol. The van der Waals surface area contributed by atoms with Gasteiger partial charge >= 0.3 is 0 Å². The maximum atomic E-state index is 12.4. The van der Waals surface area contributed by atoms with Crippen LogP contribution in [0.2, 0.25) is 0 Å². The summed E-state index contributed by atoms with van der Waals surface area (Å²) in [5, 5.41) is 0. The summed E-state index contributed by atoms with van der Waals surface area (Å²) in [5.74, 6) is 0.618. The first-order valence-electron chi connectivity index (χ1n) is 9.44. The molecule has 0 aromatic heterocycles. The number of hydrazine groups is 1. The third-order valence-corrected chi connectivity index (χ3v) is 5.72. The maximum Gasteiger partial charge on any atom is 0.266 e. The van der Waals surface area contributed by atoms with Crippen LogP contribution in [0.3, 0.4) is 0 Å². The molecule has 2 rings (SSSR count). The predicted octanol–water partition coefficient (Wildman–Crippen LogP) is 3.62. The van der Waals surface area contributed by atoms with Crippen molar-refractivity contribution in [3.8, 4) is 11.5 Å². The van der Waals surface area contributed by atoms with Crippen molar-refractivity contribution in [1.82, 2.24) is 10.3 Å². The summed E-state index contributed by atoms with van der Waals surface area (Å²) in [6.07, 6.45) is 0.910. The standard InChI is InChI=1S/C21H28N2O5S/c1-6-15(4)16-7-10-18(11-8-16)29(25,26)23-22-21(24)17-9-12-19(28-14(2)3)20(13-17)27-5/h7-15,23H,6H2,1-5H3,(H,22,24). The Morgan fingerprint density at radius 1 is 1.03 bits per heavy atom. The van der Waals surface area contributed by atoms with Crippen LogP contribution >= 0.6 is 0 Å². The Balaban J connectivity index is 2.09. The molecule has 0 saturated heterocycles.